The second kappa shape index (κ2) is 7.04. The van der Waals surface area contributed by atoms with E-state index in [1.54, 1.807) is 24.3 Å². The Labute approximate surface area is 141 Å². The highest BCUT2D eigenvalue weighted by atomic mass is 127. The molecule has 20 heavy (non-hydrogen) atoms. The van der Waals surface area contributed by atoms with Crippen LogP contribution in [0.25, 0.3) is 0 Å². The van der Waals surface area contributed by atoms with E-state index < -0.39 is 0 Å². The lowest BCUT2D eigenvalue weighted by atomic mass is 10.2. The van der Waals surface area contributed by atoms with Crippen molar-refractivity contribution in [3.63, 3.8) is 0 Å². The topological polar surface area (TPSA) is 33.0 Å². The molecule has 0 atom stereocenters. The Morgan fingerprint density at radius 1 is 1.20 bits per heavy atom. The summed E-state index contributed by atoms with van der Waals surface area (Å²) in [6, 6.07) is 10.9. The summed E-state index contributed by atoms with van der Waals surface area (Å²) < 4.78 is 1.94. The molecule has 0 aliphatic heterocycles. The Morgan fingerprint density at radius 2 is 1.90 bits per heavy atom. The van der Waals surface area contributed by atoms with E-state index in [-0.39, 0.29) is 29.9 Å². The highest BCUT2D eigenvalue weighted by Gasteiger charge is 2.16. The van der Waals surface area contributed by atoms with Crippen molar-refractivity contribution < 1.29 is 33.3 Å². The number of aromatic nitrogens is 1. The van der Waals surface area contributed by atoms with E-state index in [1.807, 2.05) is 31.5 Å². The first kappa shape index (κ1) is 16.9. The first-order valence-electron chi connectivity index (χ1n) is 6.01. The lowest BCUT2D eigenvalue weighted by Gasteiger charge is -2.06. The average molecular weight is 403 g/mol. The molecule has 1 N–H and O–H groups in total. The van der Waals surface area contributed by atoms with Gasteiger partial charge in [-0.2, -0.15) is 0 Å². The molecule has 0 saturated carbocycles. The van der Waals surface area contributed by atoms with Gasteiger partial charge in [-0.25, -0.2) is 14.7 Å². The van der Waals surface area contributed by atoms with Crippen molar-refractivity contribution in [1.29, 1.82) is 0 Å². The van der Waals surface area contributed by atoms with Gasteiger partial charge in [0.25, 0.3) is 5.82 Å². The summed E-state index contributed by atoms with van der Waals surface area (Å²) in [7, 11) is 1.92. The number of halogens is 2. The van der Waals surface area contributed by atoms with Crippen LogP contribution in [0, 0.1) is 13.8 Å². The largest absolute Gasteiger partial charge is 1.00 e. The predicted molar refractivity (Wildman–Crippen MR) is 76.5 cm³/mol. The number of hydrogen-bond acceptors (Lipinski definition) is 1. The number of aryl methyl sites for hydroxylation is 2. The average Bonchev–Trinajstić information content (AvgIpc) is 2.35. The minimum Gasteiger partial charge on any atom is -1.00 e. The van der Waals surface area contributed by atoms with Gasteiger partial charge in [0.1, 0.15) is 5.69 Å². The van der Waals surface area contributed by atoms with Gasteiger partial charge >= 0.3 is 5.91 Å². The summed E-state index contributed by atoms with van der Waals surface area (Å²) in [4.78, 5) is 12.2. The molecular weight excluding hydrogens is 387 g/mol. The number of nitrogens with one attached hydrogen (secondary N) is 1. The van der Waals surface area contributed by atoms with Gasteiger partial charge < -0.3 is 24.0 Å². The van der Waals surface area contributed by atoms with Gasteiger partial charge in [-0.3, -0.25) is 0 Å². The van der Waals surface area contributed by atoms with Gasteiger partial charge in [0.2, 0.25) is 0 Å². The summed E-state index contributed by atoms with van der Waals surface area (Å²) in [6.07, 6.45) is 0. The Bertz CT molecular complexity index is 644. The number of hydrogen-bond donors (Lipinski definition) is 1. The molecule has 0 unspecified atom stereocenters. The van der Waals surface area contributed by atoms with Crippen LogP contribution < -0.4 is 33.9 Å². The van der Waals surface area contributed by atoms with E-state index in [9.17, 15) is 4.79 Å². The van der Waals surface area contributed by atoms with E-state index >= 15 is 0 Å². The van der Waals surface area contributed by atoms with Gasteiger partial charge in [0.15, 0.2) is 0 Å². The van der Waals surface area contributed by atoms with E-state index in [0.717, 1.165) is 17.1 Å². The fraction of sp³-hybridized carbons (Fsp3) is 0.200. The van der Waals surface area contributed by atoms with E-state index in [4.69, 9.17) is 11.6 Å². The molecule has 1 amide bonds. The van der Waals surface area contributed by atoms with Gasteiger partial charge in [-0.15, -0.1) is 0 Å². The van der Waals surface area contributed by atoms with Crippen molar-refractivity contribution in [2.24, 2.45) is 7.05 Å². The number of nitrogens with zero attached hydrogens (tertiary/aromatic N) is 1. The number of carbonyl (C=O) groups is 1. The third-order valence-electron chi connectivity index (χ3n) is 3.02. The van der Waals surface area contributed by atoms with Crippen LogP contribution in [0.3, 0.4) is 0 Å². The molecule has 1 heterocycles. The molecule has 1 aromatic heterocycles. The number of carbonyl (C=O) groups excluding carboxylic acids is 1. The molecule has 1 aromatic carbocycles. The number of pyridine rings is 1. The van der Waals surface area contributed by atoms with Crippen molar-refractivity contribution in [2.75, 3.05) is 5.32 Å². The van der Waals surface area contributed by atoms with Crippen molar-refractivity contribution in [3.8, 4) is 0 Å². The van der Waals surface area contributed by atoms with E-state index in [1.165, 1.54) is 0 Å². The normalized spacial score (nSPS) is 9.80. The van der Waals surface area contributed by atoms with Crippen LogP contribution in [0.5, 0.6) is 0 Å². The van der Waals surface area contributed by atoms with Gasteiger partial charge in [-0.1, -0.05) is 17.7 Å². The zero-order chi connectivity index (χ0) is 14.0. The van der Waals surface area contributed by atoms with E-state index in [2.05, 4.69) is 11.4 Å². The molecule has 3 nitrogen and oxygen atoms in total. The Kier molecular flexibility index (Phi) is 5.95. The second-order valence-corrected chi connectivity index (χ2v) is 5.02. The zero-order valence-corrected chi connectivity index (χ0v) is 14.5. The SMILES string of the molecule is Cc1cc(C)[n+](C)c(NC(=O)c2cccc(Cl)c2)c1.[I-]. The summed E-state index contributed by atoms with van der Waals surface area (Å²) in [6.45, 7) is 4.00. The summed E-state index contributed by atoms with van der Waals surface area (Å²) in [5.41, 5.74) is 2.74. The first-order chi connectivity index (χ1) is 8.97. The van der Waals surface area contributed by atoms with Crippen LogP contribution in [0.1, 0.15) is 21.6 Å². The standard InChI is InChI=1S/C15H15ClN2O.HI/c1-10-7-11(2)18(3)14(8-10)17-15(19)12-5-4-6-13(16)9-12;/h4-9H,1-3H3;1H. The van der Waals surface area contributed by atoms with Gasteiger partial charge in [0, 0.05) is 11.1 Å². The fourth-order valence-corrected chi connectivity index (χ4v) is 2.10. The predicted octanol–water partition coefficient (Wildman–Crippen LogP) is 0.0376. The molecule has 106 valence electrons. The van der Waals surface area contributed by atoms with Crippen LogP contribution in [0.4, 0.5) is 5.82 Å². The summed E-state index contributed by atoms with van der Waals surface area (Å²) in [5.74, 6) is 0.602. The highest BCUT2D eigenvalue weighted by molar-refractivity contribution is 6.31. The van der Waals surface area contributed by atoms with Crippen molar-refractivity contribution in [1.82, 2.24) is 0 Å². The molecular formula is C15H16ClIN2O. The highest BCUT2D eigenvalue weighted by Crippen LogP contribution is 2.13. The van der Waals surface area contributed by atoms with Crippen molar-refractivity contribution in [3.05, 3.63) is 58.2 Å². The molecule has 0 aliphatic carbocycles. The first-order valence-corrected chi connectivity index (χ1v) is 6.39. The van der Waals surface area contributed by atoms with Gasteiger partial charge in [-0.05, 0) is 43.7 Å². The van der Waals surface area contributed by atoms with Crippen molar-refractivity contribution >= 4 is 23.3 Å². The molecule has 0 aliphatic rings. The zero-order valence-electron chi connectivity index (χ0n) is 11.6. The molecule has 5 heteroatoms. The third kappa shape index (κ3) is 3.93. The van der Waals surface area contributed by atoms with Crippen molar-refractivity contribution in [2.45, 2.75) is 13.8 Å². The monoisotopic (exact) mass is 402 g/mol. The second-order valence-electron chi connectivity index (χ2n) is 4.58. The molecule has 0 saturated heterocycles. The Morgan fingerprint density at radius 3 is 2.55 bits per heavy atom. The molecule has 0 fully saturated rings. The van der Waals surface area contributed by atoms with Crippen LogP contribution >= 0.6 is 11.6 Å². The minimum atomic E-state index is -0.164. The van der Waals surface area contributed by atoms with E-state index in [0.29, 0.717) is 10.6 Å². The van der Waals surface area contributed by atoms with Crippen LogP contribution in [-0.4, -0.2) is 5.91 Å². The maximum absolute atomic E-state index is 12.2. The minimum absolute atomic E-state index is 0. The third-order valence-corrected chi connectivity index (χ3v) is 3.25. The summed E-state index contributed by atoms with van der Waals surface area (Å²) >= 11 is 5.89. The quantitative estimate of drug-likeness (QED) is 0.558. The van der Waals surface area contributed by atoms with Crippen LogP contribution in [0.15, 0.2) is 36.4 Å². The number of anilines is 1. The lowest BCUT2D eigenvalue weighted by molar-refractivity contribution is -0.663. The molecule has 0 radical (unpaired) electrons. The smallest absolute Gasteiger partial charge is 0.339 e. The maximum Gasteiger partial charge on any atom is 0.339 e. The number of benzene rings is 1. The maximum atomic E-state index is 12.2. The molecule has 2 rings (SSSR count). The molecule has 0 spiro atoms. The molecule has 2 aromatic rings. The van der Waals surface area contributed by atoms with Gasteiger partial charge in [0.05, 0.1) is 12.6 Å². The number of amides is 1. The lowest BCUT2D eigenvalue weighted by Crippen LogP contribution is -3.00. The Balaban J connectivity index is 0.00000200. The number of rotatable bonds is 2. The fourth-order valence-electron chi connectivity index (χ4n) is 1.91. The summed E-state index contributed by atoms with van der Waals surface area (Å²) in [5, 5.41) is 3.45. The molecule has 0 bridgehead atoms. The Hall–Kier alpha value is -1.14. The van der Waals surface area contributed by atoms with Crippen LogP contribution in [-0.2, 0) is 7.05 Å². The van der Waals surface area contributed by atoms with Crippen LogP contribution in [0.2, 0.25) is 5.02 Å².